The lowest BCUT2D eigenvalue weighted by Crippen LogP contribution is -2.17. The molecular weight excluding hydrogens is 353 g/mol. The molecule has 1 N–H and O–H groups in total. The van der Waals surface area contributed by atoms with Crippen LogP contribution in [0.5, 0.6) is 0 Å². The molecule has 0 spiro atoms. The monoisotopic (exact) mass is 372 g/mol. The largest absolute Gasteiger partial charge is 0.421 e. The lowest BCUT2D eigenvalue weighted by Gasteiger charge is -2.20. The number of alkyl halides is 3. The summed E-state index contributed by atoms with van der Waals surface area (Å²) in [5, 5.41) is 2.77. The molecule has 0 saturated carbocycles. The fourth-order valence-corrected chi connectivity index (χ4v) is 2.56. The predicted molar refractivity (Wildman–Crippen MR) is 101 cm³/mol. The van der Waals surface area contributed by atoms with Crippen molar-refractivity contribution >= 4 is 23.1 Å². The van der Waals surface area contributed by atoms with Crippen molar-refractivity contribution in [3.8, 4) is 0 Å². The van der Waals surface area contributed by atoms with Crippen molar-refractivity contribution in [2.45, 2.75) is 20.0 Å². The number of aromatic nitrogens is 2. The van der Waals surface area contributed by atoms with Crippen molar-refractivity contribution in [2.75, 3.05) is 17.3 Å². The van der Waals surface area contributed by atoms with Crippen molar-refractivity contribution in [3.63, 3.8) is 0 Å². The molecule has 27 heavy (non-hydrogen) atoms. The van der Waals surface area contributed by atoms with Gasteiger partial charge in [0.05, 0.1) is 0 Å². The third kappa shape index (κ3) is 4.36. The summed E-state index contributed by atoms with van der Waals surface area (Å²) < 4.78 is 40.2. The van der Waals surface area contributed by atoms with E-state index in [0.717, 1.165) is 23.0 Å². The van der Waals surface area contributed by atoms with Gasteiger partial charge in [0, 0.05) is 24.6 Å². The van der Waals surface area contributed by atoms with E-state index in [1.807, 2.05) is 50.2 Å². The Labute approximate surface area is 155 Å². The minimum absolute atomic E-state index is 0.170. The van der Waals surface area contributed by atoms with Crippen molar-refractivity contribution in [3.05, 3.63) is 71.4 Å². The van der Waals surface area contributed by atoms with Gasteiger partial charge < -0.3 is 10.2 Å². The summed E-state index contributed by atoms with van der Waals surface area (Å²) >= 11 is 0. The van der Waals surface area contributed by atoms with E-state index in [4.69, 9.17) is 0 Å². The van der Waals surface area contributed by atoms with Crippen LogP contribution < -0.4 is 10.2 Å². The number of hydrogen-bond acceptors (Lipinski definition) is 4. The molecule has 140 valence electrons. The summed E-state index contributed by atoms with van der Waals surface area (Å²) in [4.78, 5) is 9.72. The van der Waals surface area contributed by atoms with Crippen LogP contribution in [0.25, 0.3) is 0 Å². The first-order chi connectivity index (χ1) is 12.7. The highest BCUT2D eigenvalue weighted by atomic mass is 19.4. The Morgan fingerprint density at radius 3 is 2.30 bits per heavy atom. The highest BCUT2D eigenvalue weighted by Gasteiger charge is 2.35. The van der Waals surface area contributed by atoms with E-state index < -0.39 is 11.7 Å². The summed E-state index contributed by atoms with van der Waals surface area (Å²) in [6, 6.07) is 14.6. The Morgan fingerprint density at radius 1 is 0.963 bits per heavy atom. The Balaban J connectivity index is 2.01. The highest BCUT2D eigenvalue weighted by molar-refractivity contribution is 5.64. The van der Waals surface area contributed by atoms with E-state index in [1.54, 1.807) is 24.1 Å². The van der Waals surface area contributed by atoms with Crippen molar-refractivity contribution in [1.29, 1.82) is 0 Å². The number of anilines is 4. The molecule has 1 heterocycles. The van der Waals surface area contributed by atoms with Gasteiger partial charge in [0.25, 0.3) is 0 Å². The number of rotatable bonds is 4. The van der Waals surface area contributed by atoms with Gasteiger partial charge in [-0.1, -0.05) is 29.8 Å². The minimum atomic E-state index is -4.56. The molecule has 0 aliphatic rings. The van der Waals surface area contributed by atoms with Crippen molar-refractivity contribution in [1.82, 2.24) is 9.97 Å². The molecule has 7 heteroatoms. The fraction of sp³-hybridized carbons (Fsp3) is 0.200. The molecule has 0 fully saturated rings. The van der Waals surface area contributed by atoms with Crippen LogP contribution in [0.4, 0.5) is 36.3 Å². The van der Waals surface area contributed by atoms with Crippen molar-refractivity contribution < 1.29 is 13.2 Å². The van der Waals surface area contributed by atoms with E-state index in [-0.39, 0.29) is 11.8 Å². The molecule has 3 rings (SSSR count). The second-order valence-electron chi connectivity index (χ2n) is 6.32. The van der Waals surface area contributed by atoms with Gasteiger partial charge in [-0.3, -0.25) is 0 Å². The van der Waals surface area contributed by atoms with Gasteiger partial charge in [0.2, 0.25) is 5.95 Å². The van der Waals surface area contributed by atoms with Gasteiger partial charge in [-0.05, 0) is 43.7 Å². The van der Waals surface area contributed by atoms with Gasteiger partial charge in [-0.25, -0.2) is 4.98 Å². The van der Waals surface area contributed by atoms with Crippen LogP contribution in [0, 0.1) is 13.8 Å². The normalized spacial score (nSPS) is 11.3. The van der Waals surface area contributed by atoms with Crippen LogP contribution in [0.3, 0.4) is 0 Å². The van der Waals surface area contributed by atoms with Crippen molar-refractivity contribution in [2.24, 2.45) is 0 Å². The van der Waals surface area contributed by atoms with Crippen LogP contribution >= 0.6 is 0 Å². The zero-order chi connectivity index (χ0) is 19.6. The van der Waals surface area contributed by atoms with E-state index in [1.165, 1.54) is 0 Å². The van der Waals surface area contributed by atoms with E-state index in [2.05, 4.69) is 15.3 Å². The molecule has 1 aromatic heterocycles. The average molecular weight is 372 g/mol. The van der Waals surface area contributed by atoms with Crippen LogP contribution in [-0.2, 0) is 6.18 Å². The standard InChI is InChI=1S/C20H19F3N4/c1-13-7-9-15(10-8-13)25-18-17(20(21,22)23)12-24-19(26-18)27(3)16-6-4-5-14(2)11-16/h4-12H,1-3H3,(H,24,25,26). The van der Waals surface area contributed by atoms with Gasteiger partial charge >= 0.3 is 6.18 Å². The molecule has 2 aromatic carbocycles. The summed E-state index contributed by atoms with van der Waals surface area (Å²) in [5.41, 5.74) is 2.44. The summed E-state index contributed by atoms with van der Waals surface area (Å²) in [6.45, 7) is 3.85. The summed E-state index contributed by atoms with van der Waals surface area (Å²) in [7, 11) is 1.72. The lowest BCUT2D eigenvalue weighted by molar-refractivity contribution is -0.137. The molecule has 0 unspecified atom stereocenters. The van der Waals surface area contributed by atoms with E-state index >= 15 is 0 Å². The SMILES string of the molecule is Cc1ccc(Nc2nc(N(C)c3cccc(C)c3)ncc2C(F)(F)F)cc1. The third-order valence-corrected chi connectivity index (χ3v) is 4.08. The van der Waals surface area contributed by atoms with Gasteiger partial charge in [-0.2, -0.15) is 18.2 Å². The maximum absolute atomic E-state index is 13.4. The van der Waals surface area contributed by atoms with E-state index in [9.17, 15) is 13.2 Å². The molecule has 3 aromatic rings. The number of benzene rings is 2. The smallest absolute Gasteiger partial charge is 0.340 e. The van der Waals surface area contributed by atoms with Crippen LogP contribution in [-0.4, -0.2) is 17.0 Å². The minimum Gasteiger partial charge on any atom is -0.340 e. The predicted octanol–water partition coefficient (Wildman–Crippen LogP) is 5.62. The molecule has 0 aliphatic heterocycles. The zero-order valence-corrected chi connectivity index (χ0v) is 15.2. The van der Waals surface area contributed by atoms with Crippen LogP contribution in [0.2, 0.25) is 0 Å². The first-order valence-electron chi connectivity index (χ1n) is 8.32. The number of nitrogens with one attached hydrogen (secondary N) is 1. The van der Waals surface area contributed by atoms with E-state index in [0.29, 0.717) is 5.69 Å². The summed E-state index contributed by atoms with van der Waals surface area (Å²) in [6.07, 6.45) is -3.75. The highest BCUT2D eigenvalue weighted by Crippen LogP contribution is 2.36. The molecular formula is C20H19F3N4. The average Bonchev–Trinajstić information content (AvgIpc) is 2.62. The summed E-state index contributed by atoms with van der Waals surface area (Å²) in [5.74, 6) is -0.112. The zero-order valence-electron chi connectivity index (χ0n) is 15.2. The number of aryl methyl sites for hydroxylation is 2. The molecule has 0 amide bonds. The second kappa shape index (κ2) is 7.26. The third-order valence-electron chi connectivity index (χ3n) is 4.08. The number of hydrogen-bond donors (Lipinski definition) is 1. The number of halogens is 3. The van der Waals surface area contributed by atoms with Gasteiger partial charge in [0.15, 0.2) is 0 Å². The maximum atomic E-state index is 13.4. The van der Waals surface area contributed by atoms with Crippen LogP contribution in [0.1, 0.15) is 16.7 Å². The molecule has 0 bridgehead atoms. The molecule has 0 saturated heterocycles. The number of nitrogens with zero attached hydrogens (tertiary/aromatic N) is 3. The van der Waals surface area contributed by atoms with Gasteiger partial charge in [0.1, 0.15) is 11.4 Å². The fourth-order valence-electron chi connectivity index (χ4n) is 2.56. The Bertz CT molecular complexity index is 937. The second-order valence-corrected chi connectivity index (χ2v) is 6.32. The molecule has 4 nitrogen and oxygen atoms in total. The maximum Gasteiger partial charge on any atom is 0.421 e. The first-order valence-corrected chi connectivity index (χ1v) is 8.32. The topological polar surface area (TPSA) is 41.1 Å². The molecule has 0 aliphatic carbocycles. The molecule has 0 radical (unpaired) electrons. The Morgan fingerprint density at radius 2 is 1.67 bits per heavy atom. The lowest BCUT2D eigenvalue weighted by atomic mass is 10.2. The molecule has 0 atom stereocenters. The Hall–Kier alpha value is -3.09. The first kappa shape index (κ1) is 18.7. The van der Waals surface area contributed by atoms with Gasteiger partial charge in [-0.15, -0.1) is 0 Å². The quantitative estimate of drug-likeness (QED) is 0.645. The van der Waals surface area contributed by atoms with Crippen LogP contribution in [0.15, 0.2) is 54.7 Å². The Kier molecular flexibility index (Phi) is 5.03.